The molecule has 3 aromatic carbocycles. The minimum absolute atomic E-state index is 0.0158. The molecule has 44 heavy (non-hydrogen) atoms. The fourth-order valence-electron chi connectivity index (χ4n) is 5.12. The molecule has 0 spiro atoms. The Morgan fingerprint density at radius 1 is 1.05 bits per heavy atom. The summed E-state index contributed by atoms with van der Waals surface area (Å²) in [7, 11) is -4.11. The summed E-state index contributed by atoms with van der Waals surface area (Å²) in [6.07, 6.45) is -0.514. The topological polar surface area (TPSA) is 142 Å². The van der Waals surface area contributed by atoms with Gasteiger partial charge in [0.05, 0.1) is 29.8 Å². The molecule has 1 unspecified atom stereocenters. The number of nitro benzene ring substituents is 1. The van der Waals surface area contributed by atoms with Crippen LogP contribution in [-0.4, -0.2) is 67.8 Å². The van der Waals surface area contributed by atoms with Crippen molar-refractivity contribution in [1.82, 2.24) is 14.2 Å². The van der Waals surface area contributed by atoms with Gasteiger partial charge in [-0.3, -0.25) is 14.9 Å². The summed E-state index contributed by atoms with van der Waals surface area (Å²) in [5.41, 5.74) is 0.611. The smallest absolute Gasteiger partial charge is 0.289 e. The second-order valence-corrected chi connectivity index (χ2v) is 12.1. The number of fused-ring (bicyclic) bond motifs is 1. The number of para-hydroxylation sites is 2. The number of ether oxygens (including phenoxy) is 3. The van der Waals surface area contributed by atoms with Crippen LogP contribution < -0.4 is 15.6 Å². The molecule has 2 heterocycles. The second kappa shape index (κ2) is 14.1. The van der Waals surface area contributed by atoms with E-state index in [0.29, 0.717) is 36.8 Å². The Labute approximate surface area is 255 Å². The lowest BCUT2D eigenvalue weighted by Gasteiger charge is -2.32. The van der Waals surface area contributed by atoms with Crippen LogP contribution in [0, 0.1) is 10.1 Å². The number of hydrogen-bond donors (Lipinski definition) is 1. The monoisotopic (exact) mass is 622 g/mol. The third-order valence-electron chi connectivity index (χ3n) is 7.25. The van der Waals surface area contributed by atoms with E-state index in [2.05, 4.69) is 5.32 Å². The first-order valence-corrected chi connectivity index (χ1v) is 15.7. The summed E-state index contributed by atoms with van der Waals surface area (Å²) in [5.74, 6) is 1.29. The molecule has 0 radical (unpaired) electrons. The maximum Gasteiger partial charge on any atom is 0.289 e. The Balaban J connectivity index is 1.30. The molecule has 13 heteroatoms. The van der Waals surface area contributed by atoms with Gasteiger partial charge < -0.3 is 24.1 Å². The van der Waals surface area contributed by atoms with Crippen LogP contribution in [0.15, 0.2) is 88.6 Å². The minimum Gasteiger partial charge on any atom is -0.457 e. The molecule has 1 saturated heterocycles. The zero-order chi connectivity index (χ0) is 31.1. The van der Waals surface area contributed by atoms with Crippen molar-refractivity contribution in [2.45, 2.75) is 31.0 Å². The van der Waals surface area contributed by atoms with Gasteiger partial charge in [0.25, 0.3) is 11.2 Å². The van der Waals surface area contributed by atoms with E-state index >= 15 is 0 Å². The van der Waals surface area contributed by atoms with E-state index in [4.69, 9.17) is 14.2 Å². The molecule has 0 amide bonds. The van der Waals surface area contributed by atoms with E-state index in [1.54, 1.807) is 4.57 Å². The molecule has 1 aromatic heterocycles. The Morgan fingerprint density at radius 2 is 1.82 bits per heavy atom. The molecular formula is C31H34N4O8S. The van der Waals surface area contributed by atoms with Gasteiger partial charge in [-0.25, -0.2) is 8.42 Å². The molecule has 0 saturated carbocycles. The highest BCUT2D eigenvalue weighted by Crippen LogP contribution is 2.28. The van der Waals surface area contributed by atoms with Crippen LogP contribution in [0.5, 0.6) is 11.5 Å². The van der Waals surface area contributed by atoms with Gasteiger partial charge in [-0.15, -0.1) is 0 Å². The molecule has 232 valence electrons. The van der Waals surface area contributed by atoms with Crippen molar-refractivity contribution in [2.24, 2.45) is 0 Å². The molecule has 0 aliphatic carbocycles. The van der Waals surface area contributed by atoms with Crippen molar-refractivity contribution < 1.29 is 27.6 Å². The first-order valence-electron chi connectivity index (χ1n) is 14.3. The molecule has 1 fully saturated rings. The number of hydrogen-bond acceptors (Lipinski definition) is 9. The number of nitrogens with one attached hydrogen (secondary N) is 1. The molecule has 1 aliphatic rings. The molecule has 12 nitrogen and oxygen atoms in total. The van der Waals surface area contributed by atoms with Gasteiger partial charge in [0.1, 0.15) is 11.5 Å². The quantitative estimate of drug-likeness (QED) is 0.133. The van der Waals surface area contributed by atoms with E-state index in [9.17, 15) is 23.3 Å². The van der Waals surface area contributed by atoms with Crippen molar-refractivity contribution in [3.63, 3.8) is 0 Å². The van der Waals surface area contributed by atoms with E-state index in [0.717, 1.165) is 10.9 Å². The number of nitro groups is 1. The highest BCUT2D eigenvalue weighted by atomic mass is 32.2. The summed E-state index contributed by atoms with van der Waals surface area (Å²) < 4.78 is 46.8. The van der Waals surface area contributed by atoms with Crippen LogP contribution in [0.1, 0.15) is 12.5 Å². The number of benzene rings is 3. The van der Waals surface area contributed by atoms with Crippen LogP contribution in [0.25, 0.3) is 10.9 Å². The number of aromatic nitrogens is 1. The molecule has 0 bridgehead atoms. The van der Waals surface area contributed by atoms with Gasteiger partial charge in [-0.05, 0) is 48.7 Å². The van der Waals surface area contributed by atoms with Crippen LogP contribution in [0.4, 0.5) is 5.69 Å². The Kier molecular flexibility index (Phi) is 10.0. The normalized spacial score (nSPS) is 15.8. The van der Waals surface area contributed by atoms with E-state index in [-0.39, 0.29) is 43.2 Å². The van der Waals surface area contributed by atoms with Crippen LogP contribution in [-0.2, 0) is 32.6 Å². The van der Waals surface area contributed by atoms with Crippen molar-refractivity contribution in [3.05, 3.63) is 105 Å². The van der Waals surface area contributed by atoms with Crippen LogP contribution in [0.3, 0.4) is 0 Å². The SMILES string of the molecule is CCOCCn1c(=O)c(CNCC2CN(S(=O)(=O)c3ccccc3[N+](=O)[O-])CCO2)cc2ccc(Oc3ccccc3)cc21. The number of morpholine rings is 1. The first-order chi connectivity index (χ1) is 21.3. The van der Waals surface area contributed by atoms with Gasteiger partial charge >= 0.3 is 0 Å². The fraction of sp³-hybridized carbons (Fsp3) is 0.323. The number of pyridine rings is 1. The predicted molar refractivity (Wildman–Crippen MR) is 165 cm³/mol. The molecule has 5 rings (SSSR count). The standard InChI is InChI=1S/C31H34N4O8S/c1-2-41-16-15-34-29-19-26(43-25-8-4-3-5-9-25)13-12-23(29)18-24(31(34)36)20-32-21-27-22-33(14-17-42-27)44(39,40)30-11-7-6-10-28(30)35(37)38/h3-13,18-19,27,32H,2,14-17,20-22H2,1H3. The van der Waals surface area contributed by atoms with Crippen LogP contribution in [0.2, 0.25) is 0 Å². The van der Waals surface area contributed by atoms with E-state index < -0.39 is 26.7 Å². The predicted octanol–water partition coefficient (Wildman–Crippen LogP) is 3.92. The Bertz CT molecular complexity index is 1780. The molecule has 1 atom stereocenters. The largest absolute Gasteiger partial charge is 0.457 e. The van der Waals surface area contributed by atoms with Gasteiger partial charge in [0, 0.05) is 57.0 Å². The number of nitrogens with zero attached hydrogens (tertiary/aromatic N) is 3. The van der Waals surface area contributed by atoms with Crippen molar-refractivity contribution in [2.75, 3.05) is 39.5 Å². The lowest BCUT2D eigenvalue weighted by molar-refractivity contribution is -0.387. The lowest BCUT2D eigenvalue weighted by Crippen LogP contribution is -2.49. The summed E-state index contributed by atoms with van der Waals surface area (Å²) in [6, 6.07) is 22.1. The van der Waals surface area contributed by atoms with Crippen LogP contribution >= 0.6 is 0 Å². The van der Waals surface area contributed by atoms with Gasteiger partial charge in [0.15, 0.2) is 4.90 Å². The number of sulfonamides is 1. The van der Waals surface area contributed by atoms with Crippen molar-refractivity contribution in [3.8, 4) is 11.5 Å². The minimum atomic E-state index is -4.11. The maximum absolute atomic E-state index is 13.6. The zero-order valence-electron chi connectivity index (χ0n) is 24.3. The van der Waals surface area contributed by atoms with Crippen molar-refractivity contribution >= 4 is 26.6 Å². The fourth-order valence-corrected chi connectivity index (χ4v) is 6.73. The zero-order valence-corrected chi connectivity index (χ0v) is 25.1. The highest BCUT2D eigenvalue weighted by Gasteiger charge is 2.35. The highest BCUT2D eigenvalue weighted by molar-refractivity contribution is 7.89. The van der Waals surface area contributed by atoms with Gasteiger partial charge in [-0.2, -0.15) is 4.31 Å². The summed E-state index contributed by atoms with van der Waals surface area (Å²) in [4.78, 5) is 24.0. The van der Waals surface area contributed by atoms with E-state index in [1.165, 1.54) is 28.6 Å². The third kappa shape index (κ3) is 7.14. The first kappa shape index (κ1) is 31.3. The summed E-state index contributed by atoms with van der Waals surface area (Å²) >= 11 is 0. The molecule has 1 N–H and O–H groups in total. The Morgan fingerprint density at radius 3 is 2.59 bits per heavy atom. The van der Waals surface area contributed by atoms with Gasteiger partial charge in [-0.1, -0.05) is 30.3 Å². The molecular weight excluding hydrogens is 588 g/mol. The third-order valence-corrected chi connectivity index (χ3v) is 9.17. The van der Waals surface area contributed by atoms with Crippen molar-refractivity contribution in [1.29, 1.82) is 0 Å². The number of rotatable bonds is 13. The molecule has 1 aliphatic heterocycles. The maximum atomic E-state index is 13.6. The average molecular weight is 623 g/mol. The van der Waals surface area contributed by atoms with E-state index in [1.807, 2.05) is 61.5 Å². The summed E-state index contributed by atoms with van der Waals surface area (Å²) in [6.45, 7) is 3.88. The summed E-state index contributed by atoms with van der Waals surface area (Å²) in [5, 5.41) is 15.5. The average Bonchev–Trinajstić information content (AvgIpc) is 3.03. The van der Waals surface area contributed by atoms with Gasteiger partial charge in [0.2, 0.25) is 10.0 Å². The molecule has 4 aromatic rings. The Hall–Kier alpha value is -4.14. The lowest BCUT2D eigenvalue weighted by atomic mass is 10.1. The second-order valence-electron chi connectivity index (χ2n) is 10.2.